The Labute approximate surface area is 123 Å². The molecule has 0 N–H and O–H groups in total. The van der Waals surface area contributed by atoms with Crippen LogP contribution < -0.4 is 0 Å². The van der Waals surface area contributed by atoms with E-state index in [9.17, 15) is 0 Å². The molecular weight excluding hydrogens is 244 g/mol. The van der Waals surface area contributed by atoms with Crippen LogP contribution in [0.2, 0.25) is 0 Å². The van der Waals surface area contributed by atoms with E-state index in [2.05, 4.69) is 47.9 Å². The largest absolute Gasteiger partial charge is 0.164 e. The average molecular weight is 272 g/mol. The van der Waals surface area contributed by atoms with Gasteiger partial charge in [0.05, 0.1) is 0 Å². The number of hydrogen-bond acceptors (Lipinski definition) is 2. The zero-order chi connectivity index (χ0) is 14.2. The molecule has 0 amide bonds. The lowest BCUT2D eigenvalue weighted by Gasteiger charge is -2.23. The van der Waals surface area contributed by atoms with Crippen LogP contribution in [-0.4, -0.2) is 12.4 Å². The molecule has 110 valence electrons. The molecular formula is C18H28N2. The molecule has 0 aromatic carbocycles. The summed E-state index contributed by atoms with van der Waals surface area (Å²) in [6, 6.07) is 0. The van der Waals surface area contributed by atoms with Crippen LogP contribution in [0.5, 0.6) is 0 Å². The molecule has 0 radical (unpaired) electrons. The molecule has 0 spiro atoms. The van der Waals surface area contributed by atoms with Crippen LogP contribution in [0.25, 0.3) is 0 Å². The maximum atomic E-state index is 4.28. The maximum Gasteiger partial charge on any atom is 0.0301 e. The Hall–Kier alpha value is -1.18. The van der Waals surface area contributed by atoms with Gasteiger partial charge in [-0.25, -0.2) is 0 Å². The fourth-order valence-corrected chi connectivity index (χ4v) is 3.33. The Balaban J connectivity index is 1.67. The van der Waals surface area contributed by atoms with Gasteiger partial charge in [-0.1, -0.05) is 12.2 Å². The van der Waals surface area contributed by atoms with E-state index < -0.39 is 0 Å². The minimum absolute atomic E-state index is 0.625. The minimum atomic E-state index is 0.625. The van der Waals surface area contributed by atoms with Gasteiger partial charge < -0.3 is 0 Å². The standard InChI is InChI=1S/C18H28N2/c1-3-15-5-9-17(10-6-15)13-19-20-14-18-11-7-16(4-2)8-12-18/h3-4,13-18H,1-2,5-12H2. The summed E-state index contributed by atoms with van der Waals surface area (Å²) in [4.78, 5) is 0. The SMILES string of the molecule is C=CC1CCC(C=NN=CC2CCC(C=C)CC2)CC1. The molecule has 2 heteroatoms. The van der Waals surface area contributed by atoms with Crippen molar-refractivity contribution in [1.82, 2.24) is 0 Å². The minimum Gasteiger partial charge on any atom is -0.164 e. The molecule has 0 atom stereocenters. The van der Waals surface area contributed by atoms with Crippen molar-refractivity contribution in [2.45, 2.75) is 51.4 Å². The van der Waals surface area contributed by atoms with Crippen molar-refractivity contribution in [3.05, 3.63) is 25.3 Å². The van der Waals surface area contributed by atoms with Gasteiger partial charge in [-0.15, -0.1) is 13.2 Å². The van der Waals surface area contributed by atoms with Crippen molar-refractivity contribution < 1.29 is 0 Å². The summed E-state index contributed by atoms with van der Waals surface area (Å²) < 4.78 is 0. The summed E-state index contributed by atoms with van der Waals surface area (Å²) in [5, 5.41) is 8.56. The monoisotopic (exact) mass is 272 g/mol. The number of rotatable bonds is 5. The first-order valence-electron chi connectivity index (χ1n) is 8.13. The second-order valence-electron chi connectivity index (χ2n) is 6.35. The fourth-order valence-electron chi connectivity index (χ4n) is 3.33. The highest BCUT2D eigenvalue weighted by Gasteiger charge is 2.18. The van der Waals surface area contributed by atoms with Gasteiger partial charge in [0.25, 0.3) is 0 Å². The first-order valence-corrected chi connectivity index (χ1v) is 8.13. The molecule has 20 heavy (non-hydrogen) atoms. The second kappa shape index (κ2) is 8.18. The molecule has 2 aliphatic rings. The van der Waals surface area contributed by atoms with E-state index >= 15 is 0 Å². The van der Waals surface area contributed by atoms with Crippen molar-refractivity contribution in [3.8, 4) is 0 Å². The van der Waals surface area contributed by atoms with Crippen LogP contribution in [0.3, 0.4) is 0 Å². The molecule has 0 unspecified atom stereocenters. The molecule has 0 bridgehead atoms. The summed E-state index contributed by atoms with van der Waals surface area (Å²) in [7, 11) is 0. The van der Waals surface area contributed by atoms with E-state index in [1.165, 1.54) is 51.4 Å². The molecule has 0 aromatic heterocycles. The number of allylic oxidation sites excluding steroid dienone is 2. The normalized spacial score (nSPS) is 35.4. The Morgan fingerprint density at radius 2 is 0.850 bits per heavy atom. The summed E-state index contributed by atoms with van der Waals surface area (Å²) in [6.45, 7) is 7.77. The van der Waals surface area contributed by atoms with Gasteiger partial charge in [0.15, 0.2) is 0 Å². The average Bonchev–Trinajstić information content (AvgIpc) is 2.53. The zero-order valence-corrected chi connectivity index (χ0v) is 12.6. The molecule has 0 aliphatic heterocycles. The van der Waals surface area contributed by atoms with E-state index in [1.54, 1.807) is 0 Å². The first-order chi connectivity index (χ1) is 9.81. The highest BCUT2D eigenvalue weighted by atomic mass is 15.2. The quantitative estimate of drug-likeness (QED) is 0.381. The maximum absolute atomic E-state index is 4.28. The lowest BCUT2D eigenvalue weighted by atomic mass is 9.83. The van der Waals surface area contributed by atoms with Gasteiger partial charge in [0.1, 0.15) is 0 Å². The third kappa shape index (κ3) is 4.73. The lowest BCUT2D eigenvalue weighted by molar-refractivity contribution is 0.374. The predicted octanol–water partition coefficient (Wildman–Crippen LogP) is 5.03. The van der Waals surface area contributed by atoms with E-state index in [0.717, 1.165) is 11.8 Å². The van der Waals surface area contributed by atoms with E-state index in [-0.39, 0.29) is 0 Å². The van der Waals surface area contributed by atoms with Gasteiger partial charge in [0, 0.05) is 12.4 Å². The molecule has 2 saturated carbocycles. The number of nitrogens with zero attached hydrogens (tertiary/aromatic N) is 2. The molecule has 0 heterocycles. The van der Waals surface area contributed by atoms with Crippen molar-refractivity contribution >= 4 is 12.4 Å². The predicted molar refractivity (Wildman–Crippen MR) is 88.3 cm³/mol. The summed E-state index contributed by atoms with van der Waals surface area (Å²) in [5.74, 6) is 2.70. The van der Waals surface area contributed by atoms with Crippen molar-refractivity contribution in [2.24, 2.45) is 33.9 Å². The Kier molecular flexibility index (Phi) is 6.23. The van der Waals surface area contributed by atoms with Gasteiger partial charge in [-0.2, -0.15) is 10.2 Å². The third-order valence-corrected chi connectivity index (χ3v) is 4.92. The van der Waals surface area contributed by atoms with E-state index in [1.807, 2.05) is 0 Å². The van der Waals surface area contributed by atoms with Crippen LogP contribution in [0.4, 0.5) is 0 Å². The van der Waals surface area contributed by atoms with Crippen LogP contribution >= 0.6 is 0 Å². The smallest absolute Gasteiger partial charge is 0.0301 e. The van der Waals surface area contributed by atoms with Crippen LogP contribution in [-0.2, 0) is 0 Å². The van der Waals surface area contributed by atoms with Gasteiger partial charge >= 0.3 is 0 Å². The van der Waals surface area contributed by atoms with Gasteiger partial charge in [-0.3, -0.25) is 0 Å². The second-order valence-corrected chi connectivity index (χ2v) is 6.35. The van der Waals surface area contributed by atoms with Crippen molar-refractivity contribution in [1.29, 1.82) is 0 Å². The molecule has 2 rings (SSSR count). The molecule has 2 fully saturated rings. The van der Waals surface area contributed by atoms with E-state index in [4.69, 9.17) is 0 Å². The van der Waals surface area contributed by atoms with Crippen LogP contribution in [0.15, 0.2) is 35.5 Å². The highest BCUT2D eigenvalue weighted by molar-refractivity contribution is 5.64. The molecule has 0 aromatic rings. The van der Waals surface area contributed by atoms with Crippen molar-refractivity contribution in [2.75, 3.05) is 0 Å². The zero-order valence-electron chi connectivity index (χ0n) is 12.6. The van der Waals surface area contributed by atoms with Gasteiger partial charge in [-0.05, 0) is 75.0 Å². The molecule has 0 saturated heterocycles. The Bertz CT molecular complexity index is 318. The van der Waals surface area contributed by atoms with Crippen LogP contribution in [0, 0.1) is 23.7 Å². The number of hydrogen-bond donors (Lipinski definition) is 0. The first kappa shape index (κ1) is 15.2. The van der Waals surface area contributed by atoms with Crippen LogP contribution in [0.1, 0.15) is 51.4 Å². The third-order valence-electron chi connectivity index (χ3n) is 4.92. The Morgan fingerprint density at radius 1 is 0.550 bits per heavy atom. The molecule has 2 aliphatic carbocycles. The topological polar surface area (TPSA) is 24.7 Å². The fraction of sp³-hybridized carbons (Fsp3) is 0.667. The molecule has 2 nitrogen and oxygen atoms in total. The van der Waals surface area contributed by atoms with Crippen molar-refractivity contribution in [3.63, 3.8) is 0 Å². The Morgan fingerprint density at radius 3 is 1.15 bits per heavy atom. The summed E-state index contributed by atoms with van der Waals surface area (Å²) in [5.41, 5.74) is 0. The van der Waals surface area contributed by atoms with E-state index in [0.29, 0.717) is 11.8 Å². The summed E-state index contributed by atoms with van der Waals surface area (Å²) in [6.07, 6.45) is 18.3. The lowest BCUT2D eigenvalue weighted by Crippen LogP contribution is -2.14. The summed E-state index contributed by atoms with van der Waals surface area (Å²) >= 11 is 0. The van der Waals surface area contributed by atoms with Gasteiger partial charge in [0.2, 0.25) is 0 Å². The highest BCUT2D eigenvalue weighted by Crippen LogP contribution is 2.29.